The first kappa shape index (κ1) is 26.1. The first-order chi connectivity index (χ1) is 13.9. The van der Waals surface area contributed by atoms with Crippen LogP contribution < -0.4 is 5.32 Å². The quantitative estimate of drug-likeness (QED) is 0.505. The maximum absolute atomic E-state index is 12.9. The Morgan fingerprint density at radius 1 is 1.06 bits per heavy atom. The maximum atomic E-state index is 12.9. The molecule has 1 saturated carbocycles. The van der Waals surface area contributed by atoms with E-state index in [0.717, 1.165) is 29.7 Å². The molecule has 173 valence electrons. The van der Waals surface area contributed by atoms with Crippen LogP contribution in [0.25, 0.3) is 0 Å². The number of nitrogens with one attached hydrogen (secondary N) is 1. The van der Waals surface area contributed by atoms with Crippen LogP contribution in [0.5, 0.6) is 0 Å². The first-order valence-corrected chi connectivity index (χ1v) is 12.1. The minimum atomic E-state index is -0.474. The molecule has 1 aromatic carbocycles. The highest BCUT2D eigenvalue weighted by atomic mass is 28.2. The molecule has 3 radical (unpaired) electrons. The fourth-order valence-corrected chi connectivity index (χ4v) is 6.14. The fraction of sp³-hybridized carbons (Fsp3) is 0.741. The van der Waals surface area contributed by atoms with E-state index in [1.54, 1.807) is 0 Å². The molecule has 2 atom stereocenters. The van der Waals surface area contributed by atoms with Crippen molar-refractivity contribution in [3.63, 3.8) is 0 Å². The van der Waals surface area contributed by atoms with Crippen LogP contribution in [0.15, 0.2) is 18.2 Å². The van der Waals surface area contributed by atoms with Gasteiger partial charge in [-0.25, -0.2) is 0 Å². The zero-order valence-corrected chi connectivity index (χ0v) is 22.7. The molecule has 1 aliphatic rings. The molecular weight excluding hydrogens is 398 g/mol. The van der Waals surface area contributed by atoms with E-state index in [9.17, 15) is 4.79 Å². The van der Waals surface area contributed by atoms with Gasteiger partial charge in [0.1, 0.15) is 0 Å². The second-order valence-corrected chi connectivity index (χ2v) is 13.4. The molecule has 0 saturated heterocycles. The molecule has 4 heteroatoms. The van der Waals surface area contributed by atoms with E-state index in [2.05, 4.69) is 89.4 Å². The molecule has 2 rings (SSSR count). The van der Waals surface area contributed by atoms with Gasteiger partial charge in [-0.2, -0.15) is 0 Å². The Morgan fingerprint density at radius 3 is 2.10 bits per heavy atom. The minimum Gasteiger partial charge on any atom is -0.409 e. The molecular formula is C27H44NO2Si. The van der Waals surface area contributed by atoms with Crippen LogP contribution in [-0.2, 0) is 20.2 Å². The van der Waals surface area contributed by atoms with Crippen molar-refractivity contribution in [1.82, 2.24) is 0 Å². The minimum absolute atomic E-state index is 0.0268. The van der Waals surface area contributed by atoms with Crippen LogP contribution in [-0.4, -0.2) is 16.4 Å². The van der Waals surface area contributed by atoms with Crippen molar-refractivity contribution in [3.8, 4) is 0 Å². The fourth-order valence-electron chi connectivity index (χ4n) is 5.66. The van der Waals surface area contributed by atoms with Crippen LogP contribution in [0, 0.1) is 22.2 Å². The van der Waals surface area contributed by atoms with E-state index in [1.807, 2.05) is 20.8 Å². The predicted molar refractivity (Wildman–Crippen MR) is 132 cm³/mol. The number of anilines is 1. The summed E-state index contributed by atoms with van der Waals surface area (Å²) >= 11 is 0. The zero-order valence-electron chi connectivity index (χ0n) is 21.7. The lowest BCUT2D eigenvalue weighted by Crippen LogP contribution is -2.54. The van der Waals surface area contributed by atoms with E-state index >= 15 is 0 Å². The van der Waals surface area contributed by atoms with Gasteiger partial charge in [0, 0.05) is 16.5 Å². The Morgan fingerprint density at radius 2 is 1.65 bits per heavy atom. The van der Waals surface area contributed by atoms with Crippen LogP contribution in [0.3, 0.4) is 0 Å². The highest BCUT2D eigenvalue weighted by molar-refractivity contribution is 5.98. The predicted octanol–water partition coefficient (Wildman–Crippen LogP) is 7.14. The average Bonchev–Trinajstić information content (AvgIpc) is 2.58. The summed E-state index contributed by atoms with van der Waals surface area (Å²) in [6.07, 6.45) is 3.25. The lowest BCUT2D eigenvalue weighted by molar-refractivity contribution is -0.137. The molecule has 0 bridgehead atoms. The van der Waals surface area contributed by atoms with Gasteiger partial charge in [0.25, 0.3) is 0 Å². The smallest absolute Gasteiger partial charge is 0.247 e. The van der Waals surface area contributed by atoms with Crippen molar-refractivity contribution in [1.29, 1.82) is 0 Å². The topological polar surface area (TPSA) is 38.3 Å². The van der Waals surface area contributed by atoms with Crippen molar-refractivity contribution in [3.05, 3.63) is 29.3 Å². The monoisotopic (exact) mass is 442 g/mol. The Bertz CT molecular complexity index is 808. The molecule has 31 heavy (non-hydrogen) atoms. The Balaban J connectivity index is 2.68. The molecule has 2 unspecified atom stereocenters. The summed E-state index contributed by atoms with van der Waals surface area (Å²) < 4.78 is 6.25. The molecule has 3 nitrogen and oxygen atoms in total. The van der Waals surface area contributed by atoms with Crippen LogP contribution >= 0.6 is 0 Å². The number of benzene rings is 1. The second kappa shape index (κ2) is 8.33. The first-order valence-electron chi connectivity index (χ1n) is 11.7. The number of carbonyl (C=O) groups is 1. The van der Waals surface area contributed by atoms with E-state index in [0.29, 0.717) is 5.92 Å². The Labute approximate surface area is 194 Å². The highest BCUT2D eigenvalue weighted by Crippen LogP contribution is 2.60. The number of amides is 1. The summed E-state index contributed by atoms with van der Waals surface area (Å²) in [5, 5.41) is 3.24. The van der Waals surface area contributed by atoms with Gasteiger partial charge in [0.05, 0.1) is 5.60 Å². The van der Waals surface area contributed by atoms with Gasteiger partial charge < -0.3 is 9.74 Å². The molecule has 0 aliphatic heterocycles. The molecule has 0 heterocycles. The average molecular weight is 443 g/mol. The second-order valence-electron chi connectivity index (χ2n) is 13.2. The summed E-state index contributed by atoms with van der Waals surface area (Å²) in [6, 6.07) is 6.55. The van der Waals surface area contributed by atoms with Crippen molar-refractivity contribution in [2.45, 2.75) is 106 Å². The largest absolute Gasteiger partial charge is 0.409 e. The van der Waals surface area contributed by atoms with Crippen molar-refractivity contribution >= 4 is 22.1 Å². The van der Waals surface area contributed by atoms with Crippen LogP contribution in [0.1, 0.15) is 107 Å². The molecule has 1 aromatic rings. The molecule has 1 aliphatic carbocycles. The lowest BCUT2D eigenvalue weighted by Gasteiger charge is -2.58. The van der Waals surface area contributed by atoms with Gasteiger partial charge >= 0.3 is 0 Å². The Hall–Kier alpha value is -1.13. The van der Waals surface area contributed by atoms with Crippen LogP contribution in [0.4, 0.5) is 5.69 Å². The number of hydrogen-bond acceptors (Lipinski definition) is 2. The van der Waals surface area contributed by atoms with Gasteiger partial charge in [-0.15, -0.1) is 0 Å². The highest BCUT2D eigenvalue weighted by Gasteiger charge is 2.55. The van der Waals surface area contributed by atoms with Crippen molar-refractivity contribution in [2.24, 2.45) is 22.2 Å². The van der Waals surface area contributed by atoms with Crippen molar-refractivity contribution in [2.75, 3.05) is 5.32 Å². The van der Waals surface area contributed by atoms with Gasteiger partial charge in [0.2, 0.25) is 16.4 Å². The van der Waals surface area contributed by atoms with E-state index in [-0.39, 0.29) is 22.2 Å². The van der Waals surface area contributed by atoms with Gasteiger partial charge in [-0.1, -0.05) is 88.3 Å². The molecule has 1 amide bonds. The summed E-state index contributed by atoms with van der Waals surface area (Å²) in [7, 11) is 3.51. The number of hydrogen-bond donors (Lipinski definition) is 1. The number of rotatable bonds is 3. The third-order valence-electron chi connectivity index (χ3n) is 7.38. The lowest BCUT2D eigenvalue weighted by atomic mass is 9.51. The summed E-state index contributed by atoms with van der Waals surface area (Å²) in [5.41, 5.74) is 2.21. The van der Waals surface area contributed by atoms with Crippen LogP contribution in [0.2, 0.25) is 0 Å². The van der Waals surface area contributed by atoms with Gasteiger partial charge in [-0.3, -0.25) is 4.79 Å². The normalized spacial score (nSPS) is 24.7. The SMILES string of the molecule is CC(C)(C)C(=O)Nc1cc(C2(O[Si])CCCC(C(C)(C)C)C2(C)C)ccc1C(C)(C)C. The molecule has 1 N–H and O–H groups in total. The van der Waals surface area contributed by atoms with E-state index in [4.69, 9.17) is 4.43 Å². The summed E-state index contributed by atoms with van der Waals surface area (Å²) in [5.74, 6) is 0.527. The molecule has 1 fully saturated rings. The molecule has 0 aromatic heterocycles. The van der Waals surface area contributed by atoms with Gasteiger partial charge in [-0.05, 0) is 53.2 Å². The maximum Gasteiger partial charge on any atom is 0.247 e. The third-order valence-corrected chi connectivity index (χ3v) is 7.72. The summed E-state index contributed by atoms with van der Waals surface area (Å²) in [4.78, 5) is 12.9. The van der Waals surface area contributed by atoms with E-state index < -0.39 is 11.0 Å². The standard InChI is InChI=1S/C27H44NO2Si/c1-23(2,3)19-15-14-18(17-20(19)28-22(29)25(7,8)9)27(30-31)16-12-13-21(24(4,5)6)26(27,10)11/h14-15,17,21H,12-13,16H2,1-11H3,(H,28,29). The van der Waals surface area contributed by atoms with Gasteiger partial charge in [0.15, 0.2) is 0 Å². The zero-order chi connectivity index (χ0) is 24.0. The molecule has 0 spiro atoms. The third kappa shape index (κ3) is 4.95. The Kier molecular flexibility index (Phi) is 7.02. The number of carbonyl (C=O) groups excluding carboxylic acids is 1. The van der Waals surface area contributed by atoms with Crippen molar-refractivity contribution < 1.29 is 9.22 Å². The summed E-state index contributed by atoms with van der Waals surface area (Å²) in [6.45, 7) is 24.1. The van der Waals surface area contributed by atoms with E-state index in [1.165, 1.54) is 6.42 Å².